The molecule has 1 aromatic heterocycles. The quantitative estimate of drug-likeness (QED) is 0.702. The maximum Gasteiger partial charge on any atom is 0.167 e. The maximum absolute atomic E-state index is 11.9. The van der Waals surface area contributed by atoms with Crippen LogP contribution in [0.3, 0.4) is 0 Å². The number of aryl methyl sites for hydroxylation is 1. The molecule has 0 aliphatic heterocycles. The molecule has 0 amide bonds. The van der Waals surface area contributed by atoms with Crippen LogP contribution >= 0.6 is 11.8 Å². The molecule has 0 bridgehead atoms. The van der Waals surface area contributed by atoms with Crippen molar-refractivity contribution in [3.63, 3.8) is 0 Å². The van der Waals surface area contributed by atoms with Crippen LogP contribution in [-0.4, -0.2) is 37.2 Å². The van der Waals surface area contributed by atoms with E-state index in [0.717, 1.165) is 48.4 Å². The summed E-state index contributed by atoms with van der Waals surface area (Å²) in [7, 11) is 2.03. The standard InChI is InChI=1S/C24H38N2O2S/c1-22-9-6-17(27)14-16(22)4-5-18-19(22)7-10-23(2)20(18)8-11-24(23,28)15-29-21-25-12-13-26(21)3/h12-13,16-20,27-28H,4-11,14-15H2,1-3H3/t16-,17+,18-,19+,20+,22-,23+,24+/m0/s1. The number of imidazole rings is 1. The number of aromatic nitrogens is 2. The fraction of sp³-hybridized carbons (Fsp3) is 0.875. The van der Waals surface area contributed by atoms with Crippen molar-refractivity contribution < 1.29 is 10.2 Å². The Morgan fingerprint density at radius 2 is 1.90 bits per heavy atom. The van der Waals surface area contributed by atoms with Crippen molar-refractivity contribution in [2.75, 3.05) is 5.75 Å². The van der Waals surface area contributed by atoms with Crippen LogP contribution in [0.1, 0.15) is 71.6 Å². The third kappa shape index (κ3) is 2.97. The van der Waals surface area contributed by atoms with Gasteiger partial charge in [-0.25, -0.2) is 4.98 Å². The van der Waals surface area contributed by atoms with Crippen molar-refractivity contribution in [3.8, 4) is 0 Å². The SMILES string of the molecule is Cn1ccnc1SC[C@]1(O)CC[C@@H]2[C@H]3CC[C@H]4C[C@H](O)CC[C@]4(C)[C@@H]3CC[C@]21C. The average Bonchev–Trinajstić information content (AvgIpc) is 3.22. The molecule has 1 heterocycles. The molecular weight excluding hydrogens is 380 g/mol. The smallest absolute Gasteiger partial charge is 0.167 e. The fourth-order valence-electron chi connectivity index (χ4n) is 8.26. The Balaban J connectivity index is 1.36. The van der Waals surface area contributed by atoms with Gasteiger partial charge in [0.15, 0.2) is 5.16 Å². The lowest BCUT2D eigenvalue weighted by Gasteiger charge is -2.61. The zero-order valence-electron chi connectivity index (χ0n) is 18.3. The first-order chi connectivity index (χ1) is 13.8. The first kappa shape index (κ1) is 20.4. The largest absolute Gasteiger partial charge is 0.393 e. The highest BCUT2D eigenvalue weighted by atomic mass is 32.2. The van der Waals surface area contributed by atoms with Gasteiger partial charge in [-0.05, 0) is 86.9 Å². The van der Waals surface area contributed by atoms with E-state index in [1.807, 2.05) is 19.4 Å². The summed E-state index contributed by atoms with van der Waals surface area (Å²) in [6, 6.07) is 0. The number of thioether (sulfide) groups is 1. The summed E-state index contributed by atoms with van der Waals surface area (Å²) in [4.78, 5) is 4.45. The van der Waals surface area contributed by atoms with Crippen LogP contribution in [0.4, 0.5) is 0 Å². The number of rotatable bonds is 3. The van der Waals surface area contributed by atoms with Crippen molar-refractivity contribution in [1.29, 1.82) is 0 Å². The number of fused-ring (bicyclic) bond motifs is 5. The highest BCUT2D eigenvalue weighted by Gasteiger charge is 2.64. The number of hydrogen-bond donors (Lipinski definition) is 2. The topological polar surface area (TPSA) is 58.3 Å². The van der Waals surface area contributed by atoms with Gasteiger partial charge < -0.3 is 14.8 Å². The summed E-state index contributed by atoms with van der Waals surface area (Å²) >= 11 is 1.73. The summed E-state index contributed by atoms with van der Waals surface area (Å²) in [5.74, 6) is 3.66. The Morgan fingerprint density at radius 3 is 2.66 bits per heavy atom. The van der Waals surface area contributed by atoms with Gasteiger partial charge in [-0.1, -0.05) is 25.6 Å². The fourth-order valence-corrected chi connectivity index (χ4v) is 9.50. The molecule has 0 spiro atoms. The van der Waals surface area contributed by atoms with E-state index in [1.165, 1.54) is 32.1 Å². The summed E-state index contributed by atoms with van der Waals surface area (Å²) in [5.41, 5.74) is -0.143. The monoisotopic (exact) mass is 418 g/mol. The van der Waals surface area contributed by atoms with Crippen LogP contribution in [0.15, 0.2) is 17.6 Å². The lowest BCUT2D eigenvalue weighted by molar-refractivity contribution is -0.152. The molecule has 0 unspecified atom stereocenters. The Labute approximate surface area is 179 Å². The molecule has 4 fully saturated rings. The molecule has 4 nitrogen and oxygen atoms in total. The minimum atomic E-state index is -0.584. The van der Waals surface area contributed by atoms with E-state index in [1.54, 1.807) is 11.8 Å². The summed E-state index contributed by atoms with van der Waals surface area (Å²) < 4.78 is 2.05. The van der Waals surface area contributed by atoms with Gasteiger partial charge in [0.1, 0.15) is 0 Å². The average molecular weight is 419 g/mol. The van der Waals surface area contributed by atoms with Gasteiger partial charge in [-0.2, -0.15) is 0 Å². The van der Waals surface area contributed by atoms with Crippen molar-refractivity contribution in [2.24, 2.45) is 41.5 Å². The highest BCUT2D eigenvalue weighted by molar-refractivity contribution is 7.99. The minimum absolute atomic E-state index is 0.0315. The predicted octanol–water partition coefficient (Wildman–Crippen LogP) is 4.65. The third-order valence-corrected chi connectivity index (χ3v) is 11.5. The van der Waals surface area contributed by atoms with Gasteiger partial charge >= 0.3 is 0 Å². The van der Waals surface area contributed by atoms with E-state index in [0.29, 0.717) is 17.3 Å². The molecule has 0 aromatic carbocycles. The lowest BCUT2D eigenvalue weighted by Crippen LogP contribution is -2.57. The van der Waals surface area contributed by atoms with Crippen LogP contribution in [0.25, 0.3) is 0 Å². The van der Waals surface area contributed by atoms with Crippen molar-refractivity contribution in [3.05, 3.63) is 12.4 Å². The third-order valence-electron chi connectivity index (χ3n) is 10.2. The summed E-state index contributed by atoms with van der Waals surface area (Å²) in [6.45, 7) is 4.94. The second-order valence-corrected chi connectivity index (χ2v) is 12.2. The second kappa shape index (κ2) is 7.00. The van der Waals surface area contributed by atoms with Gasteiger partial charge in [0.25, 0.3) is 0 Å². The van der Waals surface area contributed by atoms with Crippen molar-refractivity contribution in [1.82, 2.24) is 9.55 Å². The molecule has 5 rings (SSSR count). The number of aliphatic hydroxyl groups is 2. The first-order valence-corrected chi connectivity index (χ1v) is 12.8. The Morgan fingerprint density at radius 1 is 1.10 bits per heavy atom. The van der Waals surface area contributed by atoms with Gasteiger partial charge in [0, 0.05) is 30.6 Å². The number of nitrogens with zero attached hydrogens (tertiary/aromatic N) is 2. The van der Waals surface area contributed by atoms with Gasteiger partial charge in [-0.3, -0.25) is 0 Å². The Hall–Kier alpha value is -0.520. The van der Waals surface area contributed by atoms with Crippen LogP contribution in [-0.2, 0) is 7.05 Å². The predicted molar refractivity (Wildman–Crippen MR) is 117 cm³/mol. The maximum atomic E-state index is 11.9. The number of hydrogen-bond acceptors (Lipinski definition) is 4. The normalized spacial score (nSPS) is 49.3. The molecule has 0 radical (unpaired) electrons. The van der Waals surface area contributed by atoms with Crippen LogP contribution in [0, 0.1) is 34.5 Å². The van der Waals surface area contributed by atoms with E-state index in [4.69, 9.17) is 0 Å². The van der Waals surface area contributed by atoms with Crippen LogP contribution in [0.2, 0.25) is 0 Å². The molecule has 4 aliphatic rings. The number of aliphatic hydroxyl groups excluding tert-OH is 1. The molecular formula is C24H38N2O2S. The molecule has 29 heavy (non-hydrogen) atoms. The van der Waals surface area contributed by atoms with Crippen LogP contribution in [0.5, 0.6) is 0 Å². The Bertz CT molecular complexity index is 768. The zero-order valence-corrected chi connectivity index (χ0v) is 19.1. The Kier molecular flexibility index (Phi) is 4.92. The lowest BCUT2D eigenvalue weighted by atomic mass is 9.44. The molecule has 4 aliphatic carbocycles. The summed E-state index contributed by atoms with van der Waals surface area (Å²) in [5, 5.41) is 23.1. The van der Waals surface area contributed by atoms with E-state index < -0.39 is 5.60 Å². The van der Waals surface area contributed by atoms with Gasteiger partial charge in [0.2, 0.25) is 0 Å². The molecule has 162 valence electrons. The van der Waals surface area contributed by atoms with Crippen molar-refractivity contribution in [2.45, 2.75) is 88.5 Å². The molecule has 0 saturated heterocycles. The van der Waals surface area contributed by atoms with E-state index >= 15 is 0 Å². The van der Waals surface area contributed by atoms with E-state index in [-0.39, 0.29) is 11.5 Å². The van der Waals surface area contributed by atoms with Crippen molar-refractivity contribution >= 4 is 11.8 Å². The molecule has 4 saturated carbocycles. The molecule has 1 aromatic rings. The second-order valence-electron chi connectivity index (χ2n) is 11.2. The first-order valence-electron chi connectivity index (χ1n) is 11.8. The minimum Gasteiger partial charge on any atom is -0.393 e. The summed E-state index contributed by atoms with van der Waals surface area (Å²) in [6.07, 6.45) is 14.1. The van der Waals surface area contributed by atoms with Gasteiger partial charge in [-0.15, -0.1) is 0 Å². The van der Waals surface area contributed by atoms with Gasteiger partial charge in [0.05, 0.1) is 11.7 Å². The molecule has 8 atom stereocenters. The molecule has 2 N–H and O–H groups in total. The highest BCUT2D eigenvalue weighted by Crippen LogP contribution is 2.68. The zero-order chi connectivity index (χ0) is 20.4. The van der Waals surface area contributed by atoms with Crippen LogP contribution < -0.4 is 0 Å². The van der Waals surface area contributed by atoms with E-state index in [9.17, 15) is 10.2 Å². The van der Waals surface area contributed by atoms with E-state index in [2.05, 4.69) is 23.4 Å². The molecule has 5 heteroatoms.